The molecule has 0 saturated heterocycles. The van der Waals surface area contributed by atoms with Crippen molar-refractivity contribution < 1.29 is 9.53 Å². The van der Waals surface area contributed by atoms with Crippen LogP contribution in [0.1, 0.15) is 17.0 Å². The maximum atomic E-state index is 9.91. The van der Waals surface area contributed by atoms with Gasteiger partial charge >= 0.3 is 0 Å². The SMILES string of the molecule is Cc1cc(COC=O)cc(C)n1. The molecule has 3 nitrogen and oxygen atoms in total. The van der Waals surface area contributed by atoms with Gasteiger partial charge in [-0.1, -0.05) is 0 Å². The van der Waals surface area contributed by atoms with E-state index in [1.807, 2.05) is 26.0 Å². The first-order valence-corrected chi connectivity index (χ1v) is 3.72. The van der Waals surface area contributed by atoms with E-state index >= 15 is 0 Å². The molecule has 1 heterocycles. The number of hydrogen-bond donors (Lipinski definition) is 0. The zero-order valence-electron chi connectivity index (χ0n) is 7.20. The van der Waals surface area contributed by atoms with Crippen LogP contribution in [0.4, 0.5) is 0 Å². The zero-order valence-corrected chi connectivity index (χ0v) is 7.20. The van der Waals surface area contributed by atoms with Gasteiger partial charge in [0.25, 0.3) is 6.47 Å². The predicted octanol–water partition coefficient (Wildman–Crippen LogP) is 1.37. The van der Waals surface area contributed by atoms with Gasteiger partial charge in [-0.3, -0.25) is 9.78 Å². The van der Waals surface area contributed by atoms with Gasteiger partial charge < -0.3 is 4.74 Å². The molecule has 0 saturated carbocycles. The molecule has 0 N–H and O–H groups in total. The minimum absolute atomic E-state index is 0.327. The fourth-order valence-electron chi connectivity index (χ4n) is 1.13. The van der Waals surface area contributed by atoms with Crippen LogP contribution in [0, 0.1) is 13.8 Å². The van der Waals surface area contributed by atoms with Crippen molar-refractivity contribution in [3.8, 4) is 0 Å². The summed E-state index contributed by atoms with van der Waals surface area (Å²) in [5.41, 5.74) is 2.87. The summed E-state index contributed by atoms with van der Waals surface area (Å²) in [6.45, 7) is 4.60. The molecule has 0 bridgehead atoms. The Balaban J connectivity index is 2.78. The molecule has 3 heteroatoms. The highest BCUT2D eigenvalue weighted by atomic mass is 16.5. The summed E-state index contributed by atoms with van der Waals surface area (Å²) in [5, 5.41) is 0. The number of carbonyl (C=O) groups excluding carboxylic acids is 1. The summed E-state index contributed by atoms with van der Waals surface area (Å²) >= 11 is 0. The molecule has 0 fully saturated rings. The van der Waals surface area contributed by atoms with Crippen LogP contribution in [0.3, 0.4) is 0 Å². The molecule has 64 valence electrons. The second-order valence-corrected chi connectivity index (χ2v) is 2.67. The van der Waals surface area contributed by atoms with Crippen LogP contribution < -0.4 is 0 Å². The highest BCUT2D eigenvalue weighted by Crippen LogP contribution is 2.05. The third-order valence-corrected chi connectivity index (χ3v) is 1.46. The van der Waals surface area contributed by atoms with Crippen LogP contribution >= 0.6 is 0 Å². The van der Waals surface area contributed by atoms with Crippen molar-refractivity contribution in [2.75, 3.05) is 0 Å². The second-order valence-electron chi connectivity index (χ2n) is 2.67. The molecule has 1 rings (SSSR count). The predicted molar refractivity (Wildman–Crippen MR) is 44.6 cm³/mol. The zero-order chi connectivity index (χ0) is 8.97. The van der Waals surface area contributed by atoms with E-state index in [4.69, 9.17) is 0 Å². The molecule has 0 aromatic carbocycles. The molecule has 0 aliphatic carbocycles. The van der Waals surface area contributed by atoms with E-state index in [1.165, 1.54) is 0 Å². The van der Waals surface area contributed by atoms with Gasteiger partial charge in [0, 0.05) is 11.4 Å². The van der Waals surface area contributed by atoms with E-state index < -0.39 is 0 Å². The van der Waals surface area contributed by atoms with E-state index in [9.17, 15) is 4.79 Å². The van der Waals surface area contributed by atoms with Gasteiger partial charge in [-0.15, -0.1) is 0 Å². The molecule has 0 amide bonds. The molecule has 1 aromatic rings. The van der Waals surface area contributed by atoms with Crippen LogP contribution in [-0.4, -0.2) is 11.5 Å². The Kier molecular flexibility index (Phi) is 2.80. The lowest BCUT2D eigenvalue weighted by Crippen LogP contribution is -1.94. The van der Waals surface area contributed by atoms with E-state index in [0.717, 1.165) is 17.0 Å². The van der Waals surface area contributed by atoms with Crippen LogP contribution in [0.5, 0.6) is 0 Å². The van der Waals surface area contributed by atoms with Crippen LogP contribution in [0.15, 0.2) is 12.1 Å². The normalized spacial score (nSPS) is 9.50. The number of nitrogens with zero attached hydrogens (tertiary/aromatic N) is 1. The Morgan fingerprint density at radius 1 is 1.42 bits per heavy atom. The second kappa shape index (κ2) is 3.85. The highest BCUT2D eigenvalue weighted by molar-refractivity contribution is 5.37. The number of carbonyl (C=O) groups is 1. The van der Waals surface area contributed by atoms with E-state index in [1.54, 1.807) is 0 Å². The Morgan fingerprint density at radius 3 is 2.50 bits per heavy atom. The fraction of sp³-hybridized carbons (Fsp3) is 0.333. The first-order chi connectivity index (χ1) is 5.72. The van der Waals surface area contributed by atoms with Crippen molar-refractivity contribution in [2.45, 2.75) is 20.5 Å². The molecule has 0 atom stereocenters. The molecule has 1 aromatic heterocycles. The first-order valence-electron chi connectivity index (χ1n) is 3.72. The Labute approximate surface area is 71.4 Å². The molecular weight excluding hydrogens is 154 g/mol. The van der Waals surface area contributed by atoms with Gasteiger partial charge in [0.15, 0.2) is 0 Å². The minimum Gasteiger partial charge on any atom is -0.463 e. The van der Waals surface area contributed by atoms with Crippen LogP contribution in [0.25, 0.3) is 0 Å². The molecular formula is C9H11NO2. The smallest absolute Gasteiger partial charge is 0.293 e. The van der Waals surface area contributed by atoms with Gasteiger partial charge in [0.1, 0.15) is 6.61 Å². The van der Waals surface area contributed by atoms with Gasteiger partial charge in [-0.25, -0.2) is 0 Å². The average molecular weight is 165 g/mol. The molecule has 0 aliphatic heterocycles. The van der Waals surface area contributed by atoms with Gasteiger partial charge in [-0.2, -0.15) is 0 Å². The number of ether oxygens (including phenoxy) is 1. The lowest BCUT2D eigenvalue weighted by molar-refractivity contribution is -0.129. The van der Waals surface area contributed by atoms with Crippen molar-refractivity contribution in [1.82, 2.24) is 4.98 Å². The van der Waals surface area contributed by atoms with Gasteiger partial charge in [-0.05, 0) is 31.5 Å². The standard InChI is InChI=1S/C9H11NO2/c1-7-3-9(5-12-6-11)4-8(2)10-7/h3-4,6H,5H2,1-2H3. The third-order valence-electron chi connectivity index (χ3n) is 1.46. The number of pyridine rings is 1. The summed E-state index contributed by atoms with van der Waals surface area (Å²) in [6.07, 6.45) is 0. The number of aromatic nitrogens is 1. The summed E-state index contributed by atoms with van der Waals surface area (Å²) < 4.78 is 4.62. The molecule has 0 radical (unpaired) electrons. The monoisotopic (exact) mass is 165 g/mol. The lowest BCUT2D eigenvalue weighted by Gasteiger charge is -2.01. The summed E-state index contributed by atoms with van der Waals surface area (Å²) in [5.74, 6) is 0. The Hall–Kier alpha value is -1.38. The largest absolute Gasteiger partial charge is 0.463 e. The van der Waals surface area contributed by atoms with Gasteiger partial charge in [0.2, 0.25) is 0 Å². The lowest BCUT2D eigenvalue weighted by atomic mass is 10.2. The fourth-order valence-corrected chi connectivity index (χ4v) is 1.13. The quantitative estimate of drug-likeness (QED) is 0.635. The van der Waals surface area contributed by atoms with E-state index in [2.05, 4.69) is 9.72 Å². The maximum absolute atomic E-state index is 9.91. The Bertz CT molecular complexity index is 264. The third kappa shape index (κ3) is 2.34. The number of aryl methyl sites for hydroxylation is 2. The number of rotatable bonds is 3. The highest BCUT2D eigenvalue weighted by Gasteiger charge is 1.96. The minimum atomic E-state index is 0.327. The molecule has 0 aliphatic rings. The van der Waals surface area contributed by atoms with Crippen molar-refractivity contribution >= 4 is 6.47 Å². The molecule has 0 spiro atoms. The number of hydrogen-bond acceptors (Lipinski definition) is 3. The van der Waals surface area contributed by atoms with E-state index in [-0.39, 0.29) is 0 Å². The van der Waals surface area contributed by atoms with Gasteiger partial charge in [0.05, 0.1) is 0 Å². The van der Waals surface area contributed by atoms with Crippen molar-refractivity contribution in [3.05, 3.63) is 29.1 Å². The van der Waals surface area contributed by atoms with Crippen LogP contribution in [-0.2, 0) is 16.1 Å². The van der Waals surface area contributed by atoms with Crippen molar-refractivity contribution in [2.24, 2.45) is 0 Å². The molecule has 12 heavy (non-hydrogen) atoms. The van der Waals surface area contributed by atoms with Crippen molar-refractivity contribution in [1.29, 1.82) is 0 Å². The average Bonchev–Trinajstić information content (AvgIpc) is 1.99. The summed E-state index contributed by atoms with van der Waals surface area (Å²) in [6, 6.07) is 3.80. The molecule has 0 unspecified atom stereocenters. The maximum Gasteiger partial charge on any atom is 0.293 e. The van der Waals surface area contributed by atoms with Crippen molar-refractivity contribution in [3.63, 3.8) is 0 Å². The first kappa shape index (κ1) is 8.71. The van der Waals surface area contributed by atoms with Crippen LogP contribution in [0.2, 0.25) is 0 Å². The topological polar surface area (TPSA) is 39.2 Å². The summed E-state index contributed by atoms with van der Waals surface area (Å²) in [7, 11) is 0. The summed E-state index contributed by atoms with van der Waals surface area (Å²) in [4.78, 5) is 14.1. The van der Waals surface area contributed by atoms with E-state index in [0.29, 0.717) is 13.1 Å². The Morgan fingerprint density at radius 2 is 2.00 bits per heavy atom.